The second-order valence-corrected chi connectivity index (χ2v) is 11.3. The Bertz CT molecular complexity index is 1630. The molecule has 13 heteroatoms. The molecular weight excluding hydrogens is 586 g/mol. The monoisotopic (exact) mass is 619 g/mol. The summed E-state index contributed by atoms with van der Waals surface area (Å²) in [7, 11) is 4.45. The number of nitrogens with one attached hydrogen (secondary N) is 3. The van der Waals surface area contributed by atoms with Crippen molar-refractivity contribution in [3.05, 3.63) is 58.9 Å². The van der Waals surface area contributed by atoms with E-state index in [2.05, 4.69) is 25.9 Å². The topological polar surface area (TPSA) is 146 Å². The maximum Gasteiger partial charge on any atom is 0.326 e. The maximum atomic E-state index is 13.1. The van der Waals surface area contributed by atoms with Crippen molar-refractivity contribution in [3.63, 3.8) is 0 Å². The Labute approximate surface area is 260 Å². The summed E-state index contributed by atoms with van der Waals surface area (Å²) in [6, 6.07) is 10.7. The number of rotatable bonds is 9. The van der Waals surface area contributed by atoms with E-state index in [9.17, 15) is 19.2 Å². The van der Waals surface area contributed by atoms with Crippen LogP contribution in [0.2, 0.25) is 5.02 Å². The van der Waals surface area contributed by atoms with Gasteiger partial charge < -0.3 is 25.6 Å². The number of nitrogens with zero attached hydrogens (tertiary/aromatic N) is 4. The second kappa shape index (κ2) is 13.0. The van der Waals surface area contributed by atoms with Crippen molar-refractivity contribution in [3.8, 4) is 28.3 Å². The molecule has 2 aliphatic rings. The summed E-state index contributed by atoms with van der Waals surface area (Å²) in [6.07, 6.45) is 2.99. The smallest absolute Gasteiger partial charge is 0.326 e. The van der Waals surface area contributed by atoms with Crippen LogP contribution in [-0.2, 0) is 20.9 Å². The molecule has 2 fully saturated rings. The Kier molecular flexibility index (Phi) is 9.12. The summed E-state index contributed by atoms with van der Waals surface area (Å²) < 4.78 is 5.54. The van der Waals surface area contributed by atoms with Crippen molar-refractivity contribution in [1.82, 2.24) is 30.4 Å². The van der Waals surface area contributed by atoms with Gasteiger partial charge in [-0.1, -0.05) is 41.9 Å². The second-order valence-electron chi connectivity index (χ2n) is 10.9. The average Bonchev–Trinajstić information content (AvgIpc) is 3.44. The fourth-order valence-electron chi connectivity index (χ4n) is 5.44. The number of hydrogen-bond acceptors (Lipinski definition) is 8. The van der Waals surface area contributed by atoms with Gasteiger partial charge in [0.1, 0.15) is 11.6 Å². The van der Waals surface area contributed by atoms with Gasteiger partial charge in [-0.3, -0.25) is 24.3 Å². The number of carbonyl (C=O) groups is 4. The normalized spacial score (nSPS) is 18.4. The Morgan fingerprint density at radius 2 is 1.84 bits per heavy atom. The Morgan fingerprint density at radius 3 is 2.57 bits per heavy atom. The van der Waals surface area contributed by atoms with E-state index >= 15 is 0 Å². The first kappa shape index (κ1) is 30.9. The molecule has 3 heterocycles. The zero-order valence-corrected chi connectivity index (χ0v) is 25.7. The van der Waals surface area contributed by atoms with E-state index in [-0.39, 0.29) is 18.5 Å². The Balaban J connectivity index is 1.35. The Hall–Kier alpha value is -4.55. The highest BCUT2D eigenvalue weighted by Crippen LogP contribution is 2.39. The van der Waals surface area contributed by atoms with Crippen LogP contribution >= 0.6 is 11.6 Å². The zero-order valence-electron chi connectivity index (χ0n) is 24.9. The first-order valence-electron chi connectivity index (χ1n) is 14.2. The predicted molar refractivity (Wildman–Crippen MR) is 165 cm³/mol. The minimum absolute atomic E-state index is 0.00145. The number of methoxy groups -OCH3 is 1. The van der Waals surface area contributed by atoms with E-state index in [1.54, 1.807) is 25.4 Å². The SMILES string of the molecule is COc1nc(-c2cccc(-c3cccc(NC(=O)C4CN(C)C(=O)N(C)C4=O)c3C)c2Cl)cnc1CNC[C@@H]1CCC(=O)N1. The van der Waals surface area contributed by atoms with Gasteiger partial charge >= 0.3 is 6.03 Å². The number of aromatic nitrogens is 2. The maximum absolute atomic E-state index is 13.1. The third-order valence-corrected chi connectivity index (χ3v) is 8.35. The molecule has 2 aliphatic heterocycles. The number of halogens is 1. The highest BCUT2D eigenvalue weighted by atomic mass is 35.5. The van der Waals surface area contributed by atoms with Gasteiger partial charge in [-0.2, -0.15) is 0 Å². The highest BCUT2D eigenvalue weighted by Gasteiger charge is 2.39. The molecule has 2 atom stereocenters. The molecule has 1 aromatic heterocycles. The quantitative estimate of drug-likeness (QED) is 0.310. The first-order chi connectivity index (χ1) is 21.1. The molecule has 12 nitrogen and oxygen atoms in total. The summed E-state index contributed by atoms with van der Waals surface area (Å²) >= 11 is 6.97. The molecule has 0 radical (unpaired) electrons. The van der Waals surface area contributed by atoms with Crippen LogP contribution in [0.5, 0.6) is 5.88 Å². The molecule has 1 unspecified atom stereocenters. The lowest BCUT2D eigenvalue weighted by Gasteiger charge is -2.33. The number of imide groups is 1. The van der Waals surface area contributed by atoms with Crippen molar-refractivity contribution in [2.45, 2.75) is 32.4 Å². The molecule has 0 saturated carbocycles. The van der Waals surface area contributed by atoms with E-state index in [0.717, 1.165) is 28.0 Å². The van der Waals surface area contributed by atoms with Gasteiger partial charge in [0.15, 0.2) is 0 Å². The van der Waals surface area contributed by atoms with E-state index in [1.807, 2.05) is 31.2 Å². The van der Waals surface area contributed by atoms with Gasteiger partial charge in [-0.25, -0.2) is 9.78 Å². The van der Waals surface area contributed by atoms with Gasteiger partial charge in [-0.05, 0) is 30.5 Å². The van der Waals surface area contributed by atoms with Crippen LogP contribution in [0.3, 0.4) is 0 Å². The standard InChI is InChI=1S/C31H34ClN7O5/c1-17-19(7-6-10-23(17)36-28(41)22-16-38(2)31(43)39(3)30(22)42)20-8-5-9-21(27(20)32)24-15-34-25(29(37-24)44-4)14-33-13-18-11-12-26(40)35-18/h5-10,15,18,22,33H,11-14,16H2,1-4H3,(H,35,40)(H,36,41)/t18-,22?/m0/s1. The number of hydrogen-bond donors (Lipinski definition) is 3. The molecule has 0 bridgehead atoms. The summed E-state index contributed by atoms with van der Waals surface area (Å²) in [5.74, 6) is -1.63. The largest absolute Gasteiger partial charge is 0.480 e. The fraction of sp³-hybridized carbons (Fsp3) is 0.355. The summed E-state index contributed by atoms with van der Waals surface area (Å²) in [4.78, 5) is 60.9. The molecule has 5 rings (SSSR count). The number of carbonyl (C=O) groups excluding carboxylic acids is 4. The summed E-state index contributed by atoms with van der Waals surface area (Å²) in [5, 5.41) is 9.55. The highest BCUT2D eigenvalue weighted by molar-refractivity contribution is 6.36. The van der Waals surface area contributed by atoms with Crippen molar-refractivity contribution in [1.29, 1.82) is 0 Å². The number of benzene rings is 2. The molecular formula is C31H34ClN7O5. The zero-order chi connectivity index (χ0) is 31.5. The van der Waals surface area contributed by atoms with Crippen molar-refractivity contribution in [2.24, 2.45) is 5.92 Å². The molecule has 2 aromatic carbocycles. The number of anilines is 1. The summed E-state index contributed by atoms with van der Waals surface area (Å²) in [6.45, 7) is 2.90. The van der Waals surface area contributed by atoms with Crippen LogP contribution < -0.4 is 20.7 Å². The minimum Gasteiger partial charge on any atom is -0.480 e. The lowest BCUT2D eigenvalue weighted by molar-refractivity contribution is -0.140. The van der Waals surface area contributed by atoms with Crippen molar-refractivity contribution < 1.29 is 23.9 Å². The number of urea groups is 1. The molecule has 44 heavy (non-hydrogen) atoms. The lowest BCUT2D eigenvalue weighted by Crippen LogP contribution is -2.56. The van der Waals surface area contributed by atoms with E-state index in [0.29, 0.717) is 53.1 Å². The first-order valence-corrected chi connectivity index (χ1v) is 14.6. The van der Waals surface area contributed by atoms with Crippen LogP contribution in [0.15, 0.2) is 42.6 Å². The minimum atomic E-state index is -1.02. The van der Waals surface area contributed by atoms with Gasteiger partial charge in [0.05, 0.1) is 24.0 Å². The molecule has 3 aromatic rings. The molecule has 0 aliphatic carbocycles. The third kappa shape index (κ3) is 6.22. The Morgan fingerprint density at radius 1 is 1.11 bits per heavy atom. The van der Waals surface area contributed by atoms with E-state index < -0.39 is 23.8 Å². The molecule has 230 valence electrons. The molecule has 0 spiro atoms. The number of amides is 5. The van der Waals surface area contributed by atoms with Crippen LogP contribution in [0.1, 0.15) is 24.1 Å². The molecule has 3 N–H and O–H groups in total. The average molecular weight is 620 g/mol. The van der Waals surface area contributed by atoms with E-state index in [4.69, 9.17) is 16.3 Å². The molecule has 5 amide bonds. The van der Waals surface area contributed by atoms with Gasteiger partial charge in [0.25, 0.3) is 0 Å². The van der Waals surface area contributed by atoms with Crippen LogP contribution in [0.4, 0.5) is 10.5 Å². The van der Waals surface area contributed by atoms with Crippen LogP contribution in [0.25, 0.3) is 22.4 Å². The number of ether oxygens (including phenoxy) is 1. The third-order valence-electron chi connectivity index (χ3n) is 7.94. The van der Waals surface area contributed by atoms with Gasteiger partial charge in [0, 0.05) is 63.0 Å². The fourth-order valence-corrected chi connectivity index (χ4v) is 5.76. The van der Waals surface area contributed by atoms with Gasteiger partial charge in [-0.15, -0.1) is 0 Å². The van der Waals surface area contributed by atoms with Crippen molar-refractivity contribution in [2.75, 3.05) is 39.6 Å². The van der Waals surface area contributed by atoms with Gasteiger partial charge in [0.2, 0.25) is 23.6 Å². The molecule has 2 saturated heterocycles. The summed E-state index contributed by atoms with van der Waals surface area (Å²) in [5.41, 5.74) is 4.60. The van der Waals surface area contributed by atoms with Crippen LogP contribution in [-0.4, -0.2) is 83.9 Å². The lowest BCUT2D eigenvalue weighted by atomic mass is 9.96. The van der Waals surface area contributed by atoms with Crippen molar-refractivity contribution >= 4 is 41.0 Å². The predicted octanol–water partition coefficient (Wildman–Crippen LogP) is 3.23. The van der Waals surface area contributed by atoms with E-state index in [1.165, 1.54) is 19.1 Å². The van der Waals surface area contributed by atoms with Crippen LogP contribution in [0, 0.1) is 12.8 Å².